The van der Waals surface area contributed by atoms with E-state index in [1.165, 1.54) is 11.8 Å². The average molecular weight is 219 g/mol. The van der Waals surface area contributed by atoms with E-state index in [9.17, 15) is 9.90 Å². The summed E-state index contributed by atoms with van der Waals surface area (Å²) in [5, 5.41) is 10.3. The van der Waals surface area contributed by atoms with E-state index in [1.807, 2.05) is 6.07 Å². The van der Waals surface area contributed by atoms with Gasteiger partial charge in [0.15, 0.2) is 0 Å². The third-order valence-corrected chi connectivity index (χ3v) is 2.85. The lowest BCUT2D eigenvalue weighted by atomic mass is 10.2. The predicted molar refractivity (Wildman–Crippen MR) is 61.8 cm³/mol. The third kappa shape index (κ3) is 2.10. The topological polar surface area (TPSA) is 49.7 Å². The van der Waals surface area contributed by atoms with Crippen LogP contribution in [0.2, 0.25) is 0 Å². The maximum atomic E-state index is 11.3. The molecule has 15 heavy (non-hydrogen) atoms. The van der Waals surface area contributed by atoms with Gasteiger partial charge in [0.05, 0.1) is 9.95 Å². The van der Waals surface area contributed by atoms with Crippen LogP contribution < -0.4 is 0 Å². The zero-order valence-electron chi connectivity index (χ0n) is 8.10. The number of hydrogen-bond acceptors (Lipinski definition) is 3. The molecule has 1 aromatic rings. The number of benzene rings is 1. The molecule has 0 bridgehead atoms. The highest BCUT2D eigenvalue weighted by Crippen LogP contribution is 2.30. The predicted octanol–water partition coefficient (Wildman–Crippen LogP) is 2.42. The van der Waals surface area contributed by atoms with Crippen LogP contribution in [0.5, 0.6) is 5.75 Å². The quantitative estimate of drug-likeness (QED) is 0.738. The summed E-state index contributed by atoms with van der Waals surface area (Å²) in [6, 6.07) is 6.89. The molecule has 4 heteroatoms. The molecule has 0 unspecified atom stereocenters. The monoisotopic (exact) mass is 219 g/mol. The van der Waals surface area contributed by atoms with Crippen molar-refractivity contribution in [1.82, 2.24) is 0 Å². The summed E-state index contributed by atoms with van der Waals surface area (Å²) in [7, 11) is 0. The van der Waals surface area contributed by atoms with Crippen molar-refractivity contribution in [2.75, 3.05) is 0 Å². The van der Waals surface area contributed by atoms with E-state index in [2.05, 4.69) is 4.99 Å². The number of aliphatic imine (C=N–C) groups is 1. The minimum atomic E-state index is -0.235. The number of nitrogens with zero attached hydrogens (tertiary/aromatic N) is 1. The zero-order chi connectivity index (χ0) is 10.8. The molecule has 2 rings (SSSR count). The Kier molecular flexibility index (Phi) is 2.60. The van der Waals surface area contributed by atoms with Crippen molar-refractivity contribution in [3.63, 3.8) is 0 Å². The van der Waals surface area contributed by atoms with Gasteiger partial charge in [0, 0.05) is 5.56 Å². The maximum absolute atomic E-state index is 11.3. The lowest BCUT2D eigenvalue weighted by Gasteiger charge is -1.98. The van der Waals surface area contributed by atoms with Gasteiger partial charge in [-0.05, 0) is 19.1 Å². The summed E-state index contributed by atoms with van der Waals surface area (Å²) in [6.45, 7) is 1.79. The first kappa shape index (κ1) is 9.98. The molecule has 3 nitrogen and oxygen atoms in total. The first-order chi connectivity index (χ1) is 7.16. The van der Waals surface area contributed by atoms with Gasteiger partial charge in [0.1, 0.15) is 5.75 Å². The van der Waals surface area contributed by atoms with Gasteiger partial charge < -0.3 is 5.11 Å². The van der Waals surface area contributed by atoms with Crippen LogP contribution in [-0.4, -0.2) is 16.1 Å². The van der Waals surface area contributed by atoms with Crippen molar-refractivity contribution in [3.05, 3.63) is 34.7 Å². The summed E-state index contributed by atoms with van der Waals surface area (Å²) in [6.07, 6.45) is 1.66. The van der Waals surface area contributed by atoms with Crippen LogP contribution in [-0.2, 0) is 4.79 Å². The number of carbonyl (C=O) groups excluding carboxylic acids is 1. The number of amides is 1. The Morgan fingerprint density at radius 1 is 1.40 bits per heavy atom. The SMILES string of the molecule is CC1=NC(=O)/C(=C\c2ccccc2O)S1. The molecule has 1 aromatic carbocycles. The highest BCUT2D eigenvalue weighted by atomic mass is 32.2. The van der Waals surface area contributed by atoms with Crippen molar-refractivity contribution in [2.45, 2.75) is 6.92 Å². The molecule has 1 aliphatic rings. The average Bonchev–Trinajstić information content (AvgIpc) is 2.49. The van der Waals surface area contributed by atoms with Gasteiger partial charge in [0.25, 0.3) is 5.91 Å². The Bertz CT molecular complexity index is 477. The second kappa shape index (κ2) is 3.90. The Morgan fingerprint density at radius 3 is 2.73 bits per heavy atom. The van der Waals surface area contributed by atoms with Crippen molar-refractivity contribution in [3.8, 4) is 5.75 Å². The normalized spacial score (nSPS) is 18.3. The summed E-state index contributed by atoms with van der Waals surface area (Å²) in [5.41, 5.74) is 0.637. The molecule has 1 N–H and O–H groups in total. The molecule has 0 aromatic heterocycles. The van der Waals surface area contributed by atoms with E-state index >= 15 is 0 Å². The molecule has 0 saturated heterocycles. The lowest BCUT2D eigenvalue weighted by Crippen LogP contribution is -1.87. The van der Waals surface area contributed by atoms with Crippen molar-refractivity contribution in [2.24, 2.45) is 4.99 Å². The Labute approximate surface area is 91.5 Å². The highest BCUT2D eigenvalue weighted by molar-refractivity contribution is 8.18. The first-order valence-electron chi connectivity index (χ1n) is 4.44. The largest absolute Gasteiger partial charge is 0.507 e. The van der Waals surface area contributed by atoms with Gasteiger partial charge in [-0.1, -0.05) is 30.0 Å². The maximum Gasteiger partial charge on any atom is 0.284 e. The van der Waals surface area contributed by atoms with E-state index in [0.29, 0.717) is 10.5 Å². The number of rotatable bonds is 1. The van der Waals surface area contributed by atoms with Crippen LogP contribution in [0.1, 0.15) is 12.5 Å². The standard InChI is InChI=1S/C11H9NO2S/c1-7-12-11(14)10(15-7)6-8-4-2-3-5-9(8)13/h2-6,13H,1H3/b10-6+. The van der Waals surface area contributed by atoms with Crippen LogP contribution >= 0.6 is 11.8 Å². The number of aromatic hydroxyl groups is 1. The summed E-state index contributed by atoms with van der Waals surface area (Å²) in [5.74, 6) is -0.0660. The van der Waals surface area contributed by atoms with Gasteiger partial charge >= 0.3 is 0 Å². The van der Waals surface area contributed by atoms with E-state index < -0.39 is 0 Å². The molecule has 0 saturated carbocycles. The van der Waals surface area contributed by atoms with Crippen LogP contribution in [0.15, 0.2) is 34.2 Å². The number of carbonyl (C=O) groups is 1. The molecule has 1 aliphatic heterocycles. The smallest absolute Gasteiger partial charge is 0.284 e. The Hall–Kier alpha value is -1.55. The zero-order valence-corrected chi connectivity index (χ0v) is 8.91. The molecule has 0 spiro atoms. The van der Waals surface area contributed by atoms with E-state index in [0.717, 1.165) is 5.04 Å². The van der Waals surface area contributed by atoms with Gasteiger partial charge in [-0.3, -0.25) is 4.79 Å². The van der Waals surface area contributed by atoms with Crippen LogP contribution in [0, 0.1) is 0 Å². The molecule has 1 heterocycles. The minimum absolute atomic E-state index is 0.169. The van der Waals surface area contributed by atoms with Crippen molar-refractivity contribution >= 4 is 28.8 Å². The van der Waals surface area contributed by atoms with E-state index in [1.54, 1.807) is 31.2 Å². The van der Waals surface area contributed by atoms with Crippen molar-refractivity contribution < 1.29 is 9.90 Å². The molecule has 76 valence electrons. The number of phenolic OH excluding ortho intramolecular Hbond substituents is 1. The fourth-order valence-electron chi connectivity index (χ4n) is 1.27. The Morgan fingerprint density at radius 2 is 2.13 bits per heavy atom. The summed E-state index contributed by atoms with van der Waals surface area (Å²) >= 11 is 1.33. The number of phenols is 1. The molecular formula is C11H9NO2S. The third-order valence-electron chi connectivity index (χ3n) is 1.95. The summed E-state index contributed by atoms with van der Waals surface area (Å²) in [4.78, 5) is 15.7. The van der Waals surface area contributed by atoms with Gasteiger partial charge in [-0.25, -0.2) is 4.99 Å². The molecule has 1 amide bonds. The molecule has 0 radical (unpaired) electrons. The van der Waals surface area contributed by atoms with Crippen LogP contribution in [0.4, 0.5) is 0 Å². The Balaban J connectivity index is 2.33. The minimum Gasteiger partial charge on any atom is -0.507 e. The molecule has 0 fully saturated rings. The first-order valence-corrected chi connectivity index (χ1v) is 5.25. The fourth-order valence-corrected chi connectivity index (χ4v) is 2.03. The van der Waals surface area contributed by atoms with E-state index in [-0.39, 0.29) is 11.7 Å². The number of thioether (sulfide) groups is 1. The molecular weight excluding hydrogens is 210 g/mol. The number of hydrogen-bond donors (Lipinski definition) is 1. The number of para-hydroxylation sites is 1. The van der Waals surface area contributed by atoms with Crippen LogP contribution in [0.25, 0.3) is 6.08 Å². The summed E-state index contributed by atoms with van der Waals surface area (Å²) < 4.78 is 0. The highest BCUT2D eigenvalue weighted by Gasteiger charge is 2.18. The fraction of sp³-hybridized carbons (Fsp3) is 0.0909. The van der Waals surface area contributed by atoms with Gasteiger partial charge in [-0.15, -0.1) is 0 Å². The van der Waals surface area contributed by atoms with Crippen molar-refractivity contribution in [1.29, 1.82) is 0 Å². The van der Waals surface area contributed by atoms with Gasteiger partial charge in [-0.2, -0.15) is 0 Å². The van der Waals surface area contributed by atoms with Gasteiger partial charge in [0.2, 0.25) is 0 Å². The second-order valence-electron chi connectivity index (χ2n) is 3.11. The molecule has 0 atom stereocenters. The van der Waals surface area contributed by atoms with E-state index in [4.69, 9.17) is 0 Å². The second-order valence-corrected chi connectivity index (χ2v) is 4.34. The lowest BCUT2D eigenvalue weighted by molar-refractivity contribution is -0.113. The molecule has 0 aliphatic carbocycles. The van der Waals surface area contributed by atoms with Crippen LogP contribution in [0.3, 0.4) is 0 Å².